The van der Waals surface area contributed by atoms with E-state index in [1.807, 2.05) is 55.5 Å². The Morgan fingerprint density at radius 2 is 2.00 bits per heavy atom. The van der Waals surface area contributed by atoms with Gasteiger partial charge in [-0.1, -0.05) is 18.2 Å². The molecule has 0 radical (unpaired) electrons. The number of allylic oxidation sites excluding steroid dienone is 1. The molecule has 1 N–H and O–H groups in total. The molecule has 5 nitrogen and oxygen atoms in total. The van der Waals surface area contributed by atoms with Gasteiger partial charge in [-0.3, -0.25) is 4.79 Å². The van der Waals surface area contributed by atoms with Crippen molar-refractivity contribution in [3.05, 3.63) is 53.0 Å². The summed E-state index contributed by atoms with van der Waals surface area (Å²) in [6.45, 7) is 2.48. The van der Waals surface area contributed by atoms with Crippen LogP contribution >= 0.6 is 11.3 Å². The second-order valence-corrected chi connectivity index (χ2v) is 6.92. The lowest BCUT2D eigenvalue weighted by Gasteiger charge is -2.10. The van der Waals surface area contributed by atoms with Crippen LogP contribution in [0.4, 0.5) is 0 Å². The summed E-state index contributed by atoms with van der Waals surface area (Å²) in [4.78, 5) is 15.8. The van der Waals surface area contributed by atoms with Gasteiger partial charge in [0.15, 0.2) is 11.5 Å². The van der Waals surface area contributed by atoms with Crippen LogP contribution in [0.15, 0.2) is 42.5 Å². The summed E-state index contributed by atoms with van der Waals surface area (Å²) in [6.07, 6.45) is 2.43. The third-order valence-electron chi connectivity index (χ3n) is 4.01. The predicted octanol–water partition coefficient (Wildman–Crippen LogP) is 5.11. The van der Waals surface area contributed by atoms with Gasteiger partial charge >= 0.3 is 5.97 Å². The van der Waals surface area contributed by atoms with Gasteiger partial charge in [-0.2, -0.15) is 0 Å². The molecule has 0 spiro atoms. The molecule has 1 heterocycles. The maximum atomic E-state index is 11.1. The quantitative estimate of drug-likeness (QED) is 0.585. The van der Waals surface area contributed by atoms with Gasteiger partial charge < -0.3 is 14.6 Å². The number of para-hydroxylation sites is 1. The number of hydrogen-bond donors (Lipinski definition) is 1. The van der Waals surface area contributed by atoms with E-state index >= 15 is 0 Å². The van der Waals surface area contributed by atoms with Gasteiger partial charge in [0, 0.05) is 6.42 Å². The molecule has 0 aliphatic heterocycles. The first-order valence-electron chi connectivity index (χ1n) is 8.70. The molecular formula is C21H21NO4S. The van der Waals surface area contributed by atoms with Crippen molar-refractivity contribution < 1.29 is 19.4 Å². The molecule has 0 aliphatic rings. The van der Waals surface area contributed by atoms with Gasteiger partial charge in [-0.05, 0) is 54.8 Å². The number of fused-ring (bicyclic) bond motifs is 1. The number of hydrogen-bond acceptors (Lipinski definition) is 5. The SMILES string of the molecule is CCOc1ccc(/C=C(/CCC(=O)O)c2nc3ccccc3s2)cc1OC. The third kappa shape index (κ3) is 4.65. The van der Waals surface area contributed by atoms with Gasteiger partial charge in [0.05, 0.1) is 23.9 Å². The summed E-state index contributed by atoms with van der Waals surface area (Å²) in [5, 5.41) is 9.95. The highest BCUT2D eigenvalue weighted by Crippen LogP contribution is 2.33. The summed E-state index contributed by atoms with van der Waals surface area (Å²) in [5.74, 6) is 0.503. The van der Waals surface area contributed by atoms with Crippen LogP contribution in [-0.4, -0.2) is 29.8 Å². The van der Waals surface area contributed by atoms with Crippen LogP contribution in [-0.2, 0) is 4.79 Å². The van der Waals surface area contributed by atoms with Crippen molar-refractivity contribution in [1.82, 2.24) is 4.98 Å². The molecule has 0 aliphatic carbocycles. The smallest absolute Gasteiger partial charge is 0.303 e. The lowest BCUT2D eigenvalue weighted by Crippen LogP contribution is -1.97. The van der Waals surface area contributed by atoms with E-state index in [-0.39, 0.29) is 6.42 Å². The molecule has 6 heteroatoms. The fourth-order valence-electron chi connectivity index (χ4n) is 2.74. The first-order valence-corrected chi connectivity index (χ1v) is 9.51. The van der Waals surface area contributed by atoms with Crippen molar-refractivity contribution in [2.75, 3.05) is 13.7 Å². The van der Waals surface area contributed by atoms with Gasteiger partial charge in [-0.25, -0.2) is 4.98 Å². The van der Waals surface area contributed by atoms with E-state index < -0.39 is 5.97 Å². The predicted molar refractivity (Wildman–Crippen MR) is 109 cm³/mol. The Balaban J connectivity index is 2.00. The van der Waals surface area contributed by atoms with Gasteiger partial charge in [0.2, 0.25) is 0 Å². The average molecular weight is 383 g/mol. The lowest BCUT2D eigenvalue weighted by atomic mass is 10.1. The zero-order valence-electron chi connectivity index (χ0n) is 15.3. The Morgan fingerprint density at radius 1 is 1.19 bits per heavy atom. The second-order valence-electron chi connectivity index (χ2n) is 5.89. The van der Waals surface area contributed by atoms with Crippen molar-refractivity contribution in [2.45, 2.75) is 19.8 Å². The van der Waals surface area contributed by atoms with Crippen molar-refractivity contribution in [3.63, 3.8) is 0 Å². The Kier molecular flexibility index (Phi) is 6.08. The highest BCUT2D eigenvalue weighted by molar-refractivity contribution is 7.19. The molecule has 27 heavy (non-hydrogen) atoms. The topological polar surface area (TPSA) is 68.7 Å². The monoisotopic (exact) mass is 383 g/mol. The number of benzene rings is 2. The molecule has 0 amide bonds. The Labute approximate surface area is 161 Å². The summed E-state index contributed by atoms with van der Waals surface area (Å²) < 4.78 is 12.0. The highest BCUT2D eigenvalue weighted by Gasteiger charge is 2.12. The molecule has 0 saturated heterocycles. The molecule has 0 unspecified atom stereocenters. The van der Waals surface area contributed by atoms with Crippen LogP contribution in [0.2, 0.25) is 0 Å². The van der Waals surface area contributed by atoms with Gasteiger partial charge in [-0.15, -0.1) is 11.3 Å². The lowest BCUT2D eigenvalue weighted by molar-refractivity contribution is -0.136. The molecule has 0 bridgehead atoms. The number of aliphatic carboxylic acids is 1. The normalized spacial score (nSPS) is 11.6. The van der Waals surface area contributed by atoms with E-state index in [1.54, 1.807) is 18.4 Å². The number of carboxylic acid groups (broad SMARTS) is 1. The standard InChI is InChI=1S/C21H21NO4S/c1-3-26-17-10-8-14(13-18(17)25-2)12-15(9-11-20(23)24)21-22-16-6-4-5-7-19(16)27-21/h4-8,10,12-13H,3,9,11H2,1-2H3,(H,23,24)/b15-12-. The molecule has 3 rings (SSSR count). The number of ether oxygens (including phenoxy) is 2. The van der Waals surface area contributed by atoms with E-state index in [0.717, 1.165) is 26.4 Å². The largest absolute Gasteiger partial charge is 0.493 e. The van der Waals surface area contributed by atoms with E-state index in [1.165, 1.54) is 0 Å². The molecule has 140 valence electrons. The maximum Gasteiger partial charge on any atom is 0.303 e. The second kappa shape index (κ2) is 8.68. The van der Waals surface area contributed by atoms with Gasteiger partial charge in [0.1, 0.15) is 5.01 Å². The van der Waals surface area contributed by atoms with E-state index in [2.05, 4.69) is 4.98 Å². The van der Waals surface area contributed by atoms with E-state index in [0.29, 0.717) is 24.5 Å². The fraction of sp³-hybridized carbons (Fsp3) is 0.238. The number of carboxylic acids is 1. The Bertz CT molecular complexity index is 944. The zero-order valence-corrected chi connectivity index (χ0v) is 16.1. The highest BCUT2D eigenvalue weighted by atomic mass is 32.1. The summed E-state index contributed by atoms with van der Waals surface area (Å²) in [6, 6.07) is 13.6. The number of carbonyl (C=O) groups is 1. The third-order valence-corrected chi connectivity index (χ3v) is 5.12. The molecule has 3 aromatic rings. The van der Waals surface area contributed by atoms with Crippen LogP contribution in [0.5, 0.6) is 11.5 Å². The van der Waals surface area contributed by atoms with Crippen LogP contribution in [0.3, 0.4) is 0 Å². The van der Waals surface area contributed by atoms with Crippen LogP contribution in [0.25, 0.3) is 21.9 Å². The number of thiazole rings is 1. The molecule has 0 saturated carbocycles. The van der Waals surface area contributed by atoms with Crippen molar-refractivity contribution >= 4 is 39.2 Å². The number of aromatic nitrogens is 1. The summed E-state index contributed by atoms with van der Waals surface area (Å²) in [7, 11) is 1.60. The maximum absolute atomic E-state index is 11.1. The van der Waals surface area contributed by atoms with Crippen LogP contribution in [0, 0.1) is 0 Å². The number of methoxy groups -OCH3 is 1. The van der Waals surface area contributed by atoms with Gasteiger partial charge in [0.25, 0.3) is 0 Å². The average Bonchev–Trinajstić information content (AvgIpc) is 3.10. The fourth-order valence-corrected chi connectivity index (χ4v) is 3.75. The molecular weight excluding hydrogens is 362 g/mol. The zero-order chi connectivity index (χ0) is 19.2. The molecule has 2 aromatic carbocycles. The van der Waals surface area contributed by atoms with E-state index in [4.69, 9.17) is 14.6 Å². The minimum atomic E-state index is -0.828. The summed E-state index contributed by atoms with van der Waals surface area (Å²) in [5.41, 5.74) is 2.72. The van der Waals surface area contributed by atoms with E-state index in [9.17, 15) is 4.79 Å². The minimum Gasteiger partial charge on any atom is -0.493 e. The number of nitrogens with zero attached hydrogens (tertiary/aromatic N) is 1. The van der Waals surface area contributed by atoms with Crippen LogP contribution < -0.4 is 9.47 Å². The van der Waals surface area contributed by atoms with Crippen LogP contribution in [0.1, 0.15) is 30.3 Å². The first-order chi connectivity index (χ1) is 13.1. The number of rotatable bonds is 8. The molecule has 0 fully saturated rings. The molecule has 0 atom stereocenters. The van der Waals surface area contributed by atoms with Crippen molar-refractivity contribution in [1.29, 1.82) is 0 Å². The van der Waals surface area contributed by atoms with Crippen molar-refractivity contribution in [3.8, 4) is 11.5 Å². The Hall–Kier alpha value is -2.86. The minimum absolute atomic E-state index is 0.0515. The molecule has 1 aromatic heterocycles. The Morgan fingerprint density at radius 3 is 2.70 bits per heavy atom. The van der Waals surface area contributed by atoms with Crippen molar-refractivity contribution in [2.24, 2.45) is 0 Å². The first kappa shape index (κ1) is 18.9. The summed E-state index contributed by atoms with van der Waals surface area (Å²) >= 11 is 1.57.